The number of carbonyl (C=O) groups excluding carboxylic acids is 1. The lowest BCUT2D eigenvalue weighted by Gasteiger charge is -2.17. The maximum atomic E-state index is 11.9. The van der Waals surface area contributed by atoms with Crippen LogP contribution in [-0.4, -0.2) is 28.9 Å². The summed E-state index contributed by atoms with van der Waals surface area (Å²) in [6.07, 6.45) is 4.51. The predicted octanol–water partition coefficient (Wildman–Crippen LogP) is 1.49. The Morgan fingerprint density at radius 2 is 2.19 bits per heavy atom. The molecule has 2 heterocycles. The largest absolute Gasteiger partial charge is 0.342 e. The summed E-state index contributed by atoms with van der Waals surface area (Å²) >= 11 is 0. The van der Waals surface area contributed by atoms with E-state index in [-0.39, 0.29) is 0 Å². The van der Waals surface area contributed by atoms with Crippen molar-refractivity contribution in [1.29, 1.82) is 0 Å². The summed E-state index contributed by atoms with van der Waals surface area (Å²) in [5.74, 6) is 1.97. The maximum absolute atomic E-state index is 11.9. The number of carbonyl (C=O) groups is 1. The van der Waals surface area contributed by atoms with Crippen LogP contribution < -0.4 is 0 Å². The van der Waals surface area contributed by atoms with Gasteiger partial charge in [-0.1, -0.05) is 6.07 Å². The third-order valence-electron chi connectivity index (χ3n) is 3.65. The molecule has 0 N–H and O–H groups in total. The number of likely N-dealkylation sites (tertiary alicyclic amines) is 1. The molecular weight excluding hydrogens is 200 g/mol. The molecule has 0 radical (unpaired) electrons. The lowest BCUT2D eigenvalue weighted by molar-refractivity contribution is -0.130. The zero-order valence-electron chi connectivity index (χ0n) is 9.30. The van der Waals surface area contributed by atoms with Crippen LogP contribution in [0.4, 0.5) is 0 Å². The molecule has 1 amide bonds. The van der Waals surface area contributed by atoms with Gasteiger partial charge in [0, 0.05) is 31.4 Å². The summed E-state index contributed by atoms with van der Waals surface area (Å²) in [6, 6.07) is 5.85. The van der Waals surface area contributed by atoms with Crippen LogP contribution in [0.1, 0.15) is 18.5 Å². The van der Waals surface area contributed by atoms with Crippen molar-refractivity contribution in [1.82, 2.24) is 9.88 Å². The van der Waals surface area contributed by atoms with Crippen molar-refractivity contribution in [2.45, 2.75) is 19.3 Å². The highest BCUT2D eigenvalue weighted by molar-refractivity contribution is 5.77. The van der Waals surface area contributed by atoms with Gasteiger partial charge < -0.3 is 4.90 Å². The number of amides is 1. The average Bonchev–Trinajstić information content (AvgIpc) is 2.94. The number of nitrogens with zero attached hydrogens (tertiary/aromatic N) is 2. The molecule has 84 valence electrons. The summed E-state index contributed by atoms with van der Waals surface area (Å²) in [5.41, 5.74) is 1.01. The van der Waals surface area contributed by atoms with E-state index in [1.54, 1.807) is 6.20 Å². The van der Waals surface area contributed by atoms with Gasteiger partial charge in [0.05, 0.1) is 0 Å². The number of piperidine rings is 1. The van der Waals surface area contributed by atoms with Crippen molar-refractivity contribution in [3.8, 4) is 0 Å². The molecule has 0 spiro atoms. The fraction of sp³-hybridized carbons (Fsp3) is 0.538. The highest BCUT2D eigenvalue weighted by atomic mass is 16.2. The van der Waals surface area contributed by atoms with Gasteiger partial charge in [0.1, 0.15) is 0 Å². The van der Waals surface area contributed by atoms with Gasteiger partial charge in [-0.2, -0.15) is 0 Å². The molecule has 1 aromatic heterocycles. The Bertz CT molecular complexity index is 380. The Kier molecular flexibility index (Phi) is 2.39. The van der Waals surface area contributed by atoms with Crippen LogP contribution in [0.15, 0.2) is 24.4 Å². The summed E-state index contributed by atoms with van der Waals surface area (Å²) < 4.78 is 0. The smallest absolute Gasteiger partial charge is 0.222 e. The van der Waals surface area contributed by atoms with Gasteiger partial charge in [-0.05, 0) is 36.8 Å². The quantitative estimate of drug-likeness (QED) is 0.767. The Balaban J connectivity index is 1.50. The minimum absolute atomic E-state index is 0.304. The minimum Gasteiger partial charge on any atom is -0.342 e. The van der Waals surface area contributed by atoms with Crippen LogP contribution >= 0.6 is 0 Å². The Morgan fingerprint density at radius 3 is 2.88 bits per heavy atom. The van der Waals surface area contributed by atoms with Crippen LogP contribution in [0.3, 0.4) is 0 Å². The summed E-state index contributed by atoms with van der Waals surface area (Å²) in [6.45, 7) is 2.01. The number of aromatic nitrogens is 1. The van der Waals surface area contributed by atoms with Gasteiger partial charge in [-0.3, -0.25) is 9.78 Å². The van der Waals surface area contributed by atoms with Gasteiger partial charge in [0.15, 0.2) is 0 Å². The van der Waals surface area contributed by atoms with Crippen molar-refractivity contribution in [2.75, 3.05) is 13.1 Å². The molecule has 1 aliphatic carbocycles. The fourth-order valence-corrected chi connectivity index (χ4v) is 2.54. The Hall–Kier alpha value is -1.38. The highest BCUT2D eigenvalue weighted by Crippen LogP contribution is 2.44. The first kappa shape index (κ1) is 9.82. The van der Waals surface area contributed by atoms with E-state index in [0.717, 1.165) is 37.0 Å². The Labute approximate surface area is 95.5 Å². The van der Waals surface area contributed by atoms with Crippen LogP contribution in [0.2, 0.25) is 0 Å². The molecule has 16 heavy (non-hydrogen) atoms. The minimum atomic E-state index is 0.304. The highest BCUT2D eigenvalue weighted by Gasteiger charge is 2.46. The van der Waals surface area contributed by atoms with E-state index in [4.69, 9.17) is 0 Å². The number of rotatable bonds is 3. The zero-order valence-corrected chi connectivity index (χ0v) is 9.30. The maximum Gasteiger partial charge on any atom is 0.222 e. The van der Waals surface area contributed by atoms with E-state index in [0.29, 0.717) is 12.3 Å². The lowest BCUT2D eigenvalue weighted by atomic mass is 10.2. The molecular formula is C13H16N2O. The third kappa shape index (κ3) is 1.94. The number of aryl methyl sites for hydroxylation is 1. The molecule has 1 saturated carbocycles. The van der Waals surface area contributed by atoms with Gasteiger partial charge in [-0.25, -0.2) is 0 Å². The SMILES string of the molecule is O=C(CCc1ccccn1)N1CC2CC2C1. The lowest BCUT2D eigenvalue weighted by Crippen LogP contribution is -2.30. The van der Waals surface area contributed by atoms with E-state index in [1.807, 2.05) is 23.1 Å². The molecule has 3 nitrogen and oxygen atoms in total. The van der Waals surface area contributed by atoms with Gasteiger partial charge >= 0.3 is 0 Å². The number of hydrogen-bond donors (Lipinski definition) is 0. The molecule has 3 heteroatoms. The van der Waals surface area contributed by atoms with E-state index < -0.39 is 0 Å². The van der Waals surface area contributed by atoms with Gasteiger partial charge in [0.25, 0.3) is 0 Å². The molecule has 0 aromatic carbocycles. The fourth-order valence-electron chi connectivity index (χ4n) is 2.54. The predicted molar refractivity (Wildman–Crippen MR) is 60.7 cm³/mol. The molecule has 3 rings (SSSR count). The van der Waals surface area contributed by atoms with Crippen molar-refractivity contribution >= 4 is 5.91 Å². The van der Waals surface area contributed by atoms with Gasteiger partial charge in [-0.15, -0.1) is 0 Å². The zero-order chi connectivity index (χ0) is 11.0. The van der Waals surface area contributed by atoms with Crippen LogP contribution in [0, 0.1) is 11.8 Å². The molecule has 2 unspecified atom stereocenters. The normalized spacial score (nSPS) is 26.6. The van der Waals surface area contributed by atoms with E-state index in [1.165, 1.54) is 6.42 Å². The second-order valence-corrected chi connectivity index (χ2v) is 4.88. The summed E-state index contributed by atoms with van der Waals surface area (Å²) in [4.78, 5) is 18.1. The van der Waals surface area contributed by atoms with Gasteiger partial charge in [0.2, 0.25) is 5.91 Å². The molecule has 2 atom stereocenters. The molecule has 2 fully saturated rings. The van der Waals surface area contributed by atoms with Crippen LogP contribution in [0.5, 0.6) is 0 Å². The Morgan fingerprint density at radius 1 is 1.38 bits per heavy atom. The topological polar surface area (TPSA) is 33.2 Å². The van der Waals surface area contributed by atoms with E-state index in [9.17, 15) is 4.79 Å². The summed E-state index contributed by atoms with van der Waals surface area (Å²) in [7, 11) is 0. The third-order valence-corrected chi connectivity index (χ3v) is 3.65. The molecule has 1 aliphatic heterocycles. The first-order valence-electron chi connectivity index (χ1n) is 6.00. The van der Waals surface area contributed by atoms with Crippen molar-refractivity contribution in [3.63, 3.8) is 0 Å². The molecule has 2 aliphatic rings. The standard InChI is InChI=1S/C13H16N2O/c16-13(15-8-10-7-11(10)9-15)5-4-12-3-1-2-6-14-12/h1-3,6,10-11H,4-5,7-9H2. The number of pyridine rings is 1. The molecule has 1 aromatic rings. The van der Waals surface area contributed by atoms with E-state index in [2.05, 4.69) is 4.98 Å². The number of fused-ring (bicyclic) bond motifs is 1. The number of hydrogen-bond acceptors (Lipinski definition) is 2. The average molecular weight is 216 g/mol. The van der Waals surface area contributed by atoms with Crippen molar-refractivity contribution in [3.05, 3.63) is 30.1 Å². The van der Waals surface area contributed by atoms with Crippen molar-refractivity contribution in [2.24, 2.45) is 11.8 Å². The summed E-state index contributed by atoms with van der Waals surface area (Å²) in [5, 5.41) is 0. The first-order chi connectivity index (χ1) is 7.83. The monoisotopic (exact) mass is 216 g/mol. The van der Waals surface area contributed by atoms with Crippen LogP contribution in [0.25, 0.3) is 0 Å². The second-order valence-electron chi connectivity index (χ2n) is 4.88. The first-order valence-corrected chi connectivity index (χ1v) is 6.00. The van der Waals surface area contributed by atoms with Crippen LogP contribution in [-0.2, 0) is 11.2 Å². The molecule has 1 saturated heterocycles. The second kappa shape index (κ2) is 3.89. The van der Waals surface area contributed by atoms with E-state index >= 15 is 0 Å². The van der Waals surface area contributed by atoms with Crippen molar-refractivity contribution < 1.29 is 4.79 Å². The molecule has 0 bridgehead atoms.